The van der Waals surface area contributed by atoms with E-state index in [0.717, 1.165) is 6.42 Å². The molecule has 0 aromatic heterocycles. The Morgan fingerprint density at radius 3 is 2.72 bits per heavy atom. The van der Waals surface area contributed by atoms with E-state index in [9.17, 15) is 20.2 Å². The van der Waals surface area contributed by atoms with Crippen LogP contribution in [-0.2, 0) is 4.79 Å². The van der Waals surface area contributed by atoms with Crippen LogP contribution in [0.4, 0.5) is 11.4 Å². The Bertz CT molecular complexity index is 998. The quantitative estimate of drug-likeness (QED) is 0.264. The number of nitriles is 1. The van der Waals surface area contributed by atoms with Crippen LogP contribution in [0.15, 0.2) is 46.4 Å². The molecule has 0 radical (unpaired) electrons. The molecule has 0 heterocycles. The first-order valence-electron chi connectivity index (χ1n) is 8.57. The number of carbonyl (C=O) groups is 1. The highest BCUT2D eigenvalue weighted by molar-refractivity contribution is 9.10. The molecule has 1 amide bonds. The summed E-state index contributed by atoms with van der Waals surface area (Å²) in [5.74, 6) is 0.312. The van der Waals surface area contributed by atoms with Crippen LogP contribution < -0.4 is 14.8 Å². The summed E-state index contributed by atoms with van der Waals surface area (Å²) in [4.78, 5) is 22.8. The zero-order chi connectivity index (χ0) is 21.4. The van der Waals surface area contributed by atoms with E-state index in [-0.39, 0.29) is 16.9 Å². The molecule has 9 heteroatoms. The summed E-state index contributed by atoms with van der Waals surface area (Å²) >= 11 is 3.41. The number of halogens is 1. The Morgan fingerprint density at radius 2 is 2.10 bits per heavy atom. The number of ether oxygens (including phenoxy) is 2. The lowest BCUT2D eigenvalue weighted by atomic mass is 10.1. The first-order chi connectivity index (χ1) is 13.9. The molecule has 0 saturated carbocycles. The maximum atomic E-state index is 12.5. The van der Waals surface area contributed by atoms with Crippen molar-refractivity contribution in [3.63, 3.8) is 0 Å². The summed E-state index contributed by atoms with van der Waals surface area (Å²) in [6.07, 6.45) is 2.22. The fraction of sp³-hybridized carbons (Fsp3) is 0.200. The summed E-state index contributed by atoms with van der Waals surface area (Å²) in [6, 6.07) is 10.7. The number of anilines is 1. The number of methoxy groups -OCH3 is 1. The summed E-state index contributed by atoms with van der Waals surface area (Å²) in [6.45, 7) is 2.50. The Labute approximate surface area is 176 Å². The molecule has 0 aliphatic carbocycles. The number of hydrogen-bond acceptors (Lipinski definition) is 6. The monoisotopic (exact) mass is 459 g/mol. The largest absolute Gasteiger partial charge is 0.493 e. The molecule has 8 nitrogen and oxygen atoms in total. The highest BCUT2D eigenvalue weighted by Crippen LogP contribution is 2.34. The lowest BCUT2D eigenvalue weighted by Gasteiger charge is -2.12. The van der Waals surface area contributed by atoms with Crippen molar-refractivity contribution in [1.82, 2.24) is 0 Å². The van der Waals surface area contributed by atoms with Crippen LogP contribution in [0, 0.1) is 21.4 Å². The van der Waals surface area contributed by atoms with Crippen LogP contribution in [0.25, 0.3) is 6.08 Å². The summed E-state index contributed by atoms with van der Waals surface area (Å²) in [5.41, 5.74) is 0.406. The van der Waals surface area contributed by atoms with E-state index in [1.54, 1.807) is 12.1 Å². The van der Waals surface area contributed by atoms with Gasteiger partial charge in [0.2, 0.25) is 0 Å². The molecule has 150 valence electrons. The third-order valence-corrected chi connectivity index (χ3v) is 4.41. The van der Waals surface area contributed by atoms with E-state index in [0.29, 0.717) is 28.1 Å². The number of amides is 1. The molecule has 2 aromatic rings. The summed E-state index contributed by atoms with van der Waals surface area (Å²) < 4.78 is 11.6. The number of nitrogens with one attached hydrogen (secondary N) is 1. The van der Waals surface area contributed by atoms with Gasteiger partial charge in [-0.1, -0.05) is 28.9 Å². The van der Waals surface area contributed by atoms with Crippen molar-refractivity contribution in [3.8, 4) is 17.6 Å². The minimum atomic E-state index is -0.690. The van der Waals surface area contributed by atoms with Gasteiger partial charge in [-0.15, -0.1) is 0 Å². The molecule has 0 spiro atoms. The molecule has 2 rings (SSSR count). The highest BCUT2D eigenvalue weighted by Gasteiger charge is 2.15. The van der Waals surface area contributed by atoms with Gasteiger partial charge in [-0.2, -0.15) is 5.26 Å². The van der Waals surface area contributed by atoms with E-state index in [1.165, 1.54) is 37.5 Å². The van der Waals surface area contributed by atoms with Crippen molar-refractivity contribution in [2.75, 3.05) is 19.0 Å². The van der Waals surface area contributed by atoms with Gasteiger partial charge in [0.1, 0.15) is 11.6 Å². The second-order valence-electron chi connectivity index (χ2n) is 5.80. The molecule has 0 atom stereocenters. The van der Waals surface area contributed by atoms with Crippen LogP contribution in [0.1, 0.15) is 18.9 Å². The summed E-state index contributed by atoms with van der Waals surface area (Å²) in [7, 11) is 1.50. The van der Waals surface area contributed by atoms with Crippen molar-refractivity contribution in [1.29, 1.82) is 5.26 Å². The van der Waals surface area contributed by atoms with Crippen molar-refractivity contribution in [2.45, 2.75) is 13.3 Å². The van der Waals surface area contributed by atoms with Crippen molar-refractivity contribution >= 4 is 39.3 Å². The minimum absolute atomic E-state index is 0.166. The Kier molecular flexibility index (Phi) is 7.74. The molecule has 29 heavy (non-hydrogen) atoms. The SMILES string of the molecule is CCCOc1cc(Br)c(/C=C(/C#N)C(=O)Nc2cccc([N+](=O)[O-])c2)cc1OC. The number of non-ortho nitro benzene ring substituents is 1. The highest BCUT2D eigenvalue weighted by atomic mass is 79.9. The fourth-order valence-electron chi connectivity index (χ4n) is 2.35. The van der Waals surface area contributed by atoms with Crippen LogP contribution in [0.3, 0.4) is 0 Å². The zero-order valence-electron chi connectivity index (χ0n) is 15.8. The molecule has 0 unspecified atom stereocenters. The van der Waals surface area contributed by atoms with E-state index in [1.807, 2.05) is 13.0 Å². The van der Waals surface area contributed by atoms with E-state index >= 15 is 0 Å². The van der Waals surface area contributed by atoms with E-state index < -0.39 is 10.8 Å². The van der Waals surface area contributed by atoms with Crippen LogP contribution in [-0.4, -0.2) is 24.5 Å². The number of benzene rings is 2. The normalized spacial score (nSPS) is 10.8. The van der Waals surface area contributed by atoms with Gasteiger partial charge in [0.05, 0.1) is 18.6 Å². The Balaban J connectivity index is 2.31. The number of nitro benzene ring substituents is 1. The molecule has 2 aromatic carbocycles. The van der Waals surface area contributed by atoms with Crippen LogP contribution in [0.5, 0.6) is 11.5 Å². The van der Waals surface area contributed by atoms with Crippen LogP contribution in [0.2, 0.25) is 0 Å². The number of nitrogens with zero attached hydrogens (tertiary/aromatic N) is 2. The van der Waals surface area contributed by atoms with Crippen molar-refractivity contribution in [3.05, 3.63) is 62.1 Å². The second kappa shape index (κ2) is 10.2. The molecule has 0 aliphatic heterocycles. The first kappa shape index (κ1) is 21.9. The van der Waals surface area contributed by atoms with Crippen LogP contribution >= 0.6 is 15.9 Å². The van der Waals surface area contributed by atoms with Gasteiger partial charge >= 0.3 is 0 Å². The minimum Gasteiger partial charge on any atom is -0.493 e. The molecule has 0 bridgehead atoms. The predicted octanol–water partition coefficient (Wildman–Crippen LogP) is 4.70. The van der Waals surface area contributed by atoms with Crippen molar-refractivity contribution < 1.29 is 19.2 Å². The molecule has 0 saturated heterocycles. The topological polar surface area (TPSA) is 114 Å². The zero-order valence-corrected chi connectivity index (χ0v) is 17.4. The Hall–Kier alpha value is -3.38. The van der Waals surface area contributed by atoms with Gasteiger partial charge < -0.3 is 14.8 Å². The van der Waals surface area contributed by atoms with Gasteiger partial charge in [-0.05, 0) is 36.3 Å². The third kappa shape index (κ3) is 5.80. The van der Waals surface area contributed by atoms with Gasteiger partial charge in [0, 0.05) is 22.3 Å². The third-order valence-electron chi connectivity index (χ3n) is 3.72. The molecule has 0 fully saturated rings. The second-order valence-corrected chi connectivity index (χ2v) is 6.66. The van der Waals surface area contributed by atoms with Gasteiger partial charge in [-0.3, -0.25) is 14.9 Å². The number of rotatable bonds is 8. The smallest absolute Gasteiger partial charge is 0.271 e. The average Bonchev–Trinajstić information content (AvgIpc) is 2.71. The standard InChI is InChI=1S/C20H18BrN3O5/c1-3-7-29-19-11-17(21)13(9-18(19)28-2)8-14(12-22)20(25)23-15-5-4-6-16(10-15)24(26)27/h4-6,8-11H,3,7H2,1-2H3,(H,23,25)/b14-8-. The predicted molar refractivity (Wildman–Crippen MR) is 112 cm³/mol. The number of hydrogen-bond donors (Lipinski definition) is 1. The first-order valence-corrected chi connectivity index (χ1v) is 9.36. The fourth-order valence-corrected chi connectivity index (χ4v) is 2.78. The number of carbonyl (C=O) groups excluding carboxylic acids is 1. The number of nitro groups is 1. The van der Waals surface area contributed by atoms with Gasteiger partial charge in [-0.25, -0.2) is 0 Å². The molecular formula is C20H18BrN3O5. The molecular weight excluding hydrogens is 442 g/mol. The molecule has 1 N–H and O–H groups in total. The van der Waals surface area contributed by atoms with E-state index in [4.69, 9.17) is 9.47 Å². The lowest BCUT2D eigenvalue weighted by molar-refractivity contribution is -0.384. The maximum Gasteiger partial charge on any atom is 0.271 e. The molecule has 0 aliphatic rings. The Morgan fingerprint density at radius 1 is 1.34 bits per heavy atom. The van der Waals surface area contributed by atoms with E-state index in [2.05, 4.69) is 21.2 Å². The maximum absolute atomic E-state index is 12.5. The van der Waals surface area contributed by atoms with Gasteiger partial charge in [0.15, 0.2) is 11.5 Å². The summed E-state index contributed by atoms with van der Waals surface area (Å²) in [5, 5.41) is 22.8. The van der Waals surface area contributed by atoms with Crippen molar-refractivity contribution in [2.24, 2.45) is 0 Å². The lowest BCUT2D eigenvalue weighted by Crippen LogP contribution is -2.13. The van der Waals surface area contributed by atoms with Gasteiger partial charge in [0.25, 0.3) is 11.6 Å². The average molecular weight is 460 g/mol.